The molecule has 0 N–H and O–H groups in total. The maximum Gasteiger partial charge on any atom is 0.260 e. The second-order valence-electron chi connectivity index (χ2n) is 15.2. The van der Waals surface area contributed by atoms with E-state index < -0.39 is 0 Å². The summed E-state index contributed by atoms with van der Waals surface area (Å²) in [5.41, 5.74) is 14.1. The van der Waals surface area contributed by atoms with Crippen molar-refractivity contribution in [1.29, 1.82) is 0 Å². The molecule has 58 heavy (non-hydrogen) atoms. The number of ether oxygens (including phenoxy) is 2. The summed E-state index contributed by atoms with van der Waals surface area (Å²) < 4.78 is 19.2. The molecule has 0 radical (unpaired) electrons. The Morgan fingerprint density at radius 1 is 0.483 bits per heavy atom. The van der Waals surface area contributed by atoms with Crippen molar-refractivity contribution in [3.05, 3.63) is 158 Å². The molecule has 4 aliphatic heterocycles. The average molecular weight is 782 g/mol. The lowest BCUT2D eigenvalue weighted by molar-refractivity contribution is 0.464. The summed E-state index contributed by atoms with van der Waals surface area (Å²) in [5.74, 6) is 3.37. The van der Waals surface area contributed by atoms with Crippen LogP contribution in [0.5, 0.6) is 23.0 Å². The molecule has 0 amide bonds. The number of aromatic nitrogens is 5. The van der Waals surface area contributed by atoms with E-state index in [9.17, 15) is 0 Å². The molecule has 0 saturated heterocycles. The zero-order chi connectivity index (χ0) is 38.1. The van der Waals surface area contributed by atoms with E-state index in [2.05, 4.69) is 125 Å². The van der Waals surface area contributed by atoms with Gasteiger partial charge in [-0.15, -0.1) is 0 Å². The molecule has 0 fully saturated rings. The van der Waals surface area contributed by atoms with Gasteiger partial charge in [-0.1, -0.05) is 70.8 Å². The number of hydrogen-bond donors (Lipinski definition) is 0. The van der Waals surface area contributed by atoms with Gasteiger partial charge in [-0.25, -0.2) is 9.36 Å². The van der Waals surface area contributed by atoms with Crippen molar-refractivity contribution in [2.45, 2.75) is 19.6 Å². The van der Waals surface area contributed by atoms with Gasteiger partial charge in [0.05, 0.1) is 11.4 Å². The Kier molecular flexibility index (Phi) is 6.86. The van der Waals surface area contributed by atoms with Crippen molar-refractivity contribution in [3.8, 4) is 56.8 Å². The van der Waals surface area contributed by atoms with E-state index in [0.29, 0.717) is 0 Å². The molecule has 7 nitrogen and oxygen atoms in total. The molecule has 6 aromatic carbocycles. The minimum atomic E-state index is -0.0615. The van der Waals surface area contributed by atoms with Crippen molar-refractivity contribution in [1.82, 2.24) is 24.1 Å². The summed E-state index contributed by atoms with van der Waals surface area (Å²) in [4.78, 5) is 5.27. The molecule has 0 bridgehead atoms. The van der Waals surface area contributed by atoms with Crippen molar-refractivity contribution < 1.29 is 9.47 Å². The van der Waals surface area contributed by atoms with Gasteiger partial charge in [-0.2, -0.15) is 10.2 Å². The number of hydrogen-bond acceptors (Lipinski definition) is 6. The van der Waals surface area contributed by atoms with E-state index in [1.165, 1.54) is 47.2 Å². The van der Waals surface area contributed by atoms with Gasteiger partial charge in [-0.05, 0) is 124 Å². The first-order chi connectivity index (χ1) is 28.6. The van der Waals surface area contributed by atoms with Crippen LogP contribution in [0.2, 0.25) is 0 Å². The minimum absolute atomic E-state index is 0.0615. The van der Waals surface area contributed by atoms with Gasteiger partial charge in [0.15, 0.2) is 0 Å². The zero-order valence-corrected chi connectivity index (χ0v) is 32.7. The van der Waals surface area contributed by atoms with Gasteiger partial charge in [0, 0.05) is 68.8 Å². The quantitative estimate of drug-likeness (QED) is 0.181. The summed E-state index contributed by atoms with van der Waals surface area (Å²) in [6, 6.07) is 45.8. The van der Waals surface area contributed by atoms with Crippen LogP contribution in [0, 0.1) is 0 Å². The third-order valence-corrected chi connectivity index (χ3v) is 14.3. The molecule has 0 aliphatic carbocycles. The molecular formula is C47H29B2N5O2S2. The Bertz CT molecular complexity index is 3150. The first-order valence-corrected chi connectivity index (χ1v) is 20.9. The highest BCUT2D eigenvalue weighted by Gasteiger charge is 2.41. The lowest BCUT2D eigenvalue weighted by Crippen LogP contribution is -2.58. The van der Waals surface area contributed by atoms with Crippen LogP contribution < -0.4 is 42.3 Å². The smallest absolute Gasteiger partial charge is 0.260 e. The van der Waals surface area contributed by atoms with Crippen LogP contribution in [0.3, 0.4) is 0 Å². The Morgan fingerprint density at radius 2 is 1.05 bits per heavy atom. The van der Waals surface area contributed by atoms with Crippen molar-refractivity contribution in [2.75, 3.05) is 0 Å². The highest BCUT2D eigenvalue weighted by Crippen LogP contribution is 2.41. The minimum Gasteiger partial charge on any atom is -0.458 e. The molecule has 0 unspecified atom stereocenters. The number of aryl methyl sites for hydroxylation is 1. The second kappa shape index (κ2) is 12.2. The fraction of sp³-hybridized carbons (Fsp3) is 0.0213. The fourth-order valence-corrected chi connectivity index (χ4v) is 11.7. The summed E-state index contributed by atoms with van der Waals surface area (Å²) in [6.07, 6.45) is 9.87. The van der Waals surface area contributed by atoms with E-state index in [1.54, 1.807) is 6.20 Å². The fourth-order valence-electron chi connectivity index (χ4n) is 9.32. The van der Waals surface area contributed by atoms with Gasteiger partial charge < -0.3 is 14.0 Å². The molecule has 4 aliphatic rings. The number of nitrogens with zero attached hydrogens (tertiary/aromatic N) is 5. The van der Waals surface area contributed by atoms with Crippen LogP contribution >= 0.6 is 23.5 Å². The van der Waals surface area contributed by atoms with E-state index in [0.717, 1.165) is 61.9 Å². The lowest BCUT2D eigenvalue weighted by Gasteiger charge is -2.33. The lowest BCUT2D eigenvalue weighted by atomic mass is 9.34. The van der Waals surface area contributed by atoms with Crippen LogP contribution in [0.4, 0.5) is 0 Å². The second-order valence-corrected chi connectivity index (χ2v) is 17.4. The molecule has 9 aromatic rings. The Labute approximate surface area is 343 Å². The molecule has 13 rings (SSSR count). The molecule has 7 heterocycles. The first kappa shape index (κ1) is 32.5. The molecule has 11 heteroatoms. The third-order valence-electron chi connectivity index (χ3n) is 11.9. The molecule has 0 spiro atoms. The van der Waals surface area contributed by atoms with Crippen LogP contribution in [0.15, 0.2) is 178 Å². The standard InChI is InChI=1S/C47H29B2N5O2S2/c1-52-27-30(28-10-14-38-33(22-28)48-34-25-31(53-20-4-18-50-53)12-15-39(34)56-41-7-2-6-40(55-38)46(41)48)24-37(52)29-11-16-42-35(23-29)49-36-26-32(54-21-5-19-51-54)13-17-43(36)58-45-9-3-8-44(57-42)47(45)49/h2-27H,1H3. The maximum atomic E-state index is 6.58. The largest absolute Gasteiger partial charge is 0.458 e. The Balaban J connectivity index is 0.912. The van der Waals surface area contributed by atoms with E-state index in [1.807, 2.05) is 81.8 Å². The topological polar surface area (TPSA) is 59.0 Å². The van der Waals surface area contributed by atoms with E-state index >= 15 is 0 Å². The molecule has 3 aromatic heterocycles. The molecule has 0 saturated carbocycles. The highest BCUT2D eigenvalue weighted by atomic mass is 32.2. The van der Waals surface area contributed by atoms with Crippen molar-refractivity contribution >= 4 is 69.7 Å². The van der Waals surface area contributed by atoms with E-state index in [4.69, 9.17) is 9.47 Å². The number of fused-ring (bicyclic) bond motifs is 8. The SMILES string of the molecule is Cn1cc(-c2ccc3c(c2)B2c4cc(-n5cccn5)ccc4Oc4cccc(c42)O3)cc1-c1ccc2c(c1)B1c3cc(-n4cccn4)ccc3Sc3cccc(c31)S2. The Morgan fingerprint density at radius 3 is 1.76 bits per heavy atom. The van der Waals surface area contributed by atoms with Crippen molar-refractivity contribution in [3.63, 3.8) is 0 Å². The highest BCUT2D eigenvalue weighted by molar-refractivity contribution is 8.01. The number of rotatable bonds is 4. The van der Waals surface area contributed by atoms with Crippen LogP contribution in [0.1, 0.15) is 0 Å². The van der Waals surface area contributed by atoms with Crippen LogP contribution in [-0.2, 0) is 7.05 Å². The predicted molar refractivity (Wildman–Crippen MR) is 234 cm³/mol. The first-order valence-electron chi connectivity index (χ1n) is 19.3. The van der Waals surface area contributed by atoms with Crippen LogP contribution in [-0.4, -0.2) is 37.6 Å². The molecular weight excluding hydrogens is 752 g/mol. The van der Waals surface area contributed by atoms with Gasteiger partial charge in [0.1, 0.15) is 23.0 Å². The summed E-state index contributed by atoms with van der Waals surface area (Å²) >= 11 is 3.76. The molecule has 272 valence electrons. The van der Waals surface area contributed by atoms with Gasteiger partial charge in [0.2, 0.25) is 6.71 Å². The maximum absolute atomic E-state index is 6.58. The zero-order valence-electron chi connectivity index (χ0n) is 31.0. The van der Waals surface area contributed by atoms with Crippen LogP contribution in [0.25, 0.3) is 33.8 Å². The summed E-state index contributed by atoms with van der Waals surface area (Å²) in [7, 11) is 2.15. The third kappa shape index (κ3) is 4.80. The monoisotopic (exact) mass is 781 g/mol. The normalized spacial score (nSPS) is 13.7. The van der Waals surface area contributed by atoms with Gasteiger partial charge in [-0.3, -0.25) is 0 Å². The van der Waals surface area contributed by atoms with Gasteiger partial charge in [0.25, 0.3) is 6.71 Å². The summed E-state index contributed by atoms with van der Waals surface area (Å²) in [6.45, 7) is 0.0621. The molecule has 0 atom stereocenters. The van der Waals surface area contributed by atoms with Crippen molar-refractivity contribution in [2.24, 2.45) is 7.05 Å². The Hall–Kier alpha value is -6.55. The van der Waals surface area contributed by atoms with Gasteiger partial charge >= 0.3 is 0 Å². The number of benzene rings is 6. The van der Waals surface area contributed by atoms with E-state index in [-0.39, 0.29) is 13.4 Å². The summed E-state index contributed by atoms with van der Waals surface area (Å²) in [5, 5.41) is 9.07. The predicted octanol–water partition coefficient (Wildman–Crippen LogP) is 6.90. The average Bonchev–Trinajstić information content (AvgIpc) is 4.07.